The van der Waals surface area contributed by atoms with E-state index in [0.29, 0.717) is 17.4 Å². The van der Waals surface area contributed by atoms with E-state index >= 15 is 0 Å². The van der Waals surface area contributed by atoms with Crippen molar-refractivity contribution in [1.82, 2.24) is 5.43 Å². The molecule has 0 aliphatic rings. The molecule has 2 aromatic rings. The summed E-state index contributed by atoms with van der Waals surface area (Å²) >= 11 is 14.2. The van der Waals surface area contributed by atoms with Gasteiger partial charge in [-0.05, 0) is 36.5 Å². The predicted octanol–water partition coefficient (Wildman–Crippen LogP) is 3.85. The van der Waals surface area contributed by atoms with Crippen LogP contribution in [0, 0.1) is 0 Å². The highest BCUT2D eigenvalue weighted by molar-refractivity contribution is 9.10. The fraction of sp³-hybridized carbons (Fsp3) is 0.0667. The van der Waals surface area contributed by atoms with Crippen LogP contribution < -0.4 is 15.9 Å². The molecule has 0 saturated carbocycles. The Morgan fingerprint density at radius 3 is 2.86 bits per heavy atom. The van der Waals surface area contributed by atoms with Gasteiger partial charge >= 0.3 is 0 Å². The Labute approximate surface area is 147 Å². The van der Waals surface area contributed by atoms with E-state index in [9.17, 15) is 0 Å². The van der Waals surface area contributed by atoms with Crippen molar-refractivity contribution in [3.05, 3.63) is 63.1 Å². The van der Waals surface area contributed by atoms with Gasteiger partial charge in [0.15, 0.2) is 5.11 Å². The van der Waals surface area contributed by atoms with E-state index in [1.54, 1.807) is 6.21 Å². The molecule has 0 fully saturated rings. The number of thiocarbonyl (C=S) groups is 1. The molecule has 22 heavy (non-hydrogen) atoms. The number of hydrogen-bond donors (Lipinski definition) is 2. The lowest BCUT2D eigenvalue weighted by Gasteiger charge is -2.10. The van der Waals surface area contributed by atoms with Crippen LogP contribution in [0.3, 0.4) is 0 Å². The van der Waals surface area contributed by atoms with Gasteiger partial charge in [0, 0.05) is 20.6 Å². The van der Waals surface area contributed by atoms with E-state index in [-0.39, 0.29) is 5.11 Å². The summed E-state index contributed by atoms with van der Waals surface area (Å²) in [7, 11) is 0. The van der Waals surface area contributed by atoms with Crippen LogP contribution in [0.5, 0.6) is 5.75 Å². The molecule has 3 N–H and O–H groups in total. The maximum absolute atomic E-state index is 6.12. The van der Waals surface area contributed by atoms with Gasteiger partial charge in [0.2, 0.25) is 0 Å². The zero-order chi connectivity index (χ0) is 15.9. The number of rotatable bonds is 5. The second kappa shape index (κ2) is 8.12. The smallest absolute Gasteiger partial charge is 0.184 e. The van der Waals surface area contributed by atoms with Crippen molar-refractivity contribution in [2.45, 2.75) is 6.61 Å². The number of halogens is 2. The van der Waals surface area contributed by atoms with Crippen molar-refractivity contribution in [1.29, 1.82) is 0 Å². The molecular formula is C15H13BrClN3OS. The molecule has 0 saturated heterocycles. The first-order valence-electron chi connectivity index (χ1n) is 6.30. The number of nitrogens with two attached hydrogens (primary N) is 1. The Bertz CT molecular complexity index is 709. The van der Waals surface area contributed by atoms with Gasteiger partial charge in [-0.1, -0.05) is 45.7 Å². The topological polar surface area (TPSA) is 59.6 Å². The van der Waals surface area contributed by atoms with Gasteiger partial charge in [-0.3, -0.25) is 5.43 Å². The first kappa shape index (κ1) is 16.7. The fourth-order valence-corrected chi connectivity index (χ4v) is 2.31. The summed E-state index contributed by atoms with van der Waals surface area (Å²) in [5.41, 5.74) is 9.53. The molecule has 0 heterocycles. The molecule has 7 heteroatoms. The zero-order valence-corrected chi connectivity index (χ0v) is 14.6. The maximum Gasteiger partial charge on any atom is 0.184 e. The van der Waals surface area contributed by atoms with Gasteiger partial charge in [-0.2, -0.15) is 5.10 Å². The van der Waals surface area contributed by atoms with Crippen LogP contribution in [0.1, 0.15) is 11.1 Å². The fourth-order valence-electron chi connectivity index (χ4n) is 1.69. The van der Waals surface area contributed by atoms with E-state index in [0.717, 1.165) is 15.6 Å². The molecule has 2 aromatic carbocycles. The third-order valence-electron chi connectivity index (χ3n) is 2.69. The minimum Gasteiger partial charge on any atom is -0.488 e. The summed E-state index contributed by atoms with van der Waals surface area (Å²) in [6.45, 7) is 0.366. The number of nitrogens with zero attached hydrogens (tertiary/aromatic N) is 1. The SMILES string of the molecule is NC(=S)NN=Cc1cc(Br)ccc1OCc1ccccc1Cl. The van der Waals surface area contributed by atoms with Gasteiger partial charge < -0.3 is 10.5 Å². The quantitative estimate of drug-likeness (QED) is 0.456. The molecule has 0 radical (unpaired) electrons. The summed E-state index contributed by atoms with van der Waals surface area (Å²) in [5.74, 6) is 0.677. The molecule has 0 amide bonds. The summed E-state index contributed by atoms with van der Waals surface area (Å²) in [5, 5.41) is 4.72. The monoisotopic (exact) mass is 397 g/mol. The first-order chi connectivity index (χ1) is 10.6. The average Bonchev–Trinajstić information content (AvgIpc) is 2.47. The molecule has 114 valence electrons. The van der Waals surface area contributed by atoms with Crippen molar-refractivity contribution >= 4 is 51.1 Å². The van der Waals surface area contributed by atoms with E-state index in [4.69, 9.17) is 34.3 Å². The Balaban J connectivity index is 2.14. The number of ether oxygens (including phenoxy) is 1. The van der Waals surface area contributed by atoms with Crippen LogP contribution in [0.25, 0.3) is 0 Å². The highest BCUT2D eigenvalue weighted by atomic mass is 79.9. The molecular weight excluding hydrogens is 386 g/mol. The summed E-state index contributed by atoms with van der Waals surface area (Å²) in [6.07, 6.45) is 1.59. The normalized spacial score (nSPS) is 10.6. The number of benzene rings is 2. The van der Waals surface area contributed by atoms with Crippen LogP contribution in [0.2, 0.25) is 5.02 Å². The molecule has 0 spiro atoms. The Morgan fingerprint density at radius 2 is 2.14 bits per heavy atom. The molecule has 0 atom stereocenters. The van der Waals surface area contributed by atoms with Crippen LogP contribution in [0.4, 0.5) is 0 Å². The number of hydrazone groups is 1. The second-order valence-electron chi connectivity index (χ2n) is 4.30. The molecule has 0 aromatic heterocycles. The Hall–Kier alpha value is -1.63. The summed E-state index contributed by atoms with van der Waals surface area (Å²) < 4.78 is 6.74. The van der Waals surface area contributed by atoms with E-state index in [2.05, 4.69) is 26.5 Å². The Kier molecular flexibility index (Phi) is 6.18. The standard InChI is InChI=1S/C15H13BrClN3OS/c16-12-5-6-14(11(7-12)8-19-20-15(18)22)21-9-10-3-1-2-4-13(10)17/h1-8H,9H2,(H3,18,20,22). The third-order valence-corrected chi connectivity index (χ3v) is 3.64. The summed E-state index contributed by atoms with van der Waals surface area (Å²) in [6, 6.07) is 13.2. The predicted molar refractivity (Wildman–Crippen MR) is 97.4 cm³/mol. The van der Waals surface area contributed by atoms with Crippen molar-refractivity contribution < 1.29 is 4.74 Å². The minimum absolute atomic E-state index is 0.102. The van der Waals surface area contributed by atoms with Crippen LogP contribution in [-0.2, 0) is 6.61 Å². The minimum atomic E-state index is 0.102. The van der Waals surface area contributed by atoms with Crippen molar-refractivity contribution in [3.8, 4) is 5.75 Å². The molecule has 0 unspecified atom stereocenters. The summed E-state index contributed by atoms with van der Waals surface area (Å²) in [4.78, 5) is 0. The van der Waals surface area contributed by atoms with Gasteiger partial charge in [-0.25, -0.2) is 0 Å². The van der Waals surface area contributed by atoms with Gasteiger partial charge in [0.05, 0.1) is 6.21 Å². The molecule has 0 bridgehead atoms. The van der Waals surface area contributed by atoms with Crippen molar-refractivity contribution in [2.75, 3.05) is 0 Å². The molecule has 2 rings (SSSR count). The lowest BCUT2D eigenvalue weighted by atomic mass is 10.2. The average molecular weight is 399 g/mol. The second-order valence-corrected chi connectivity index (χ2v) is 6.06. The van der Waals surface area contributed by atoms with Gasteiger partial charge in [-0.15, -0.1) is 0 Å². The highest BCUT2D eigenvalue weighted by Gasteiger charge is 2.05. The molecule has 4 nitrogen and oxygen atoms in total. The van der Waals surface area contributed by atoms with E-state index in [1.165, 1.54) is 0 Å². The molecule has 0 aliphatic heterocycles. The van der Waals surface area contributed by atoms with Crippen LogP contribution in [0.15, 0.2) is 52.0 Å². The van der Waals surface area contributed by atoms with E-state index < -0.39 is 0 Å². The third kappa shape index (κ3) is 4.98. The van der Waals surface area contributed by atoms with Crippen LogP contribution >= 0.6 is 39.7 Å². The Morgan fingerprint density at radius 1 is 1.36 bits per heavy atom. The van der Waals surface area contributed by atoms with Crippen molar-refractivity contribution in [3.63, 3.8) is 0 Å². The first-order valence-corrected chi connectivity index (χ1v) is 7.88. The van der Waals surface area contributed by atoms with Gasteiger partial charge in [0.1, 0.15) is 12.4 Å². The molecule has 0 aliphatic carbocycles. The van der Waals surface area contributed by atoms with Crippen molar-refractivity contribution in [2.24, 2.45) is 10.8 Å². The van der Waals surface area contributed by atoms with E-state index in [1.807, 2.05) is 42.5 Å². The highest BCUT2D eigenvalue weighted by Crippen LogP contribution is 2.24. The van der Waals surface area contributed by atoms with Crippen LogP contribution in [-0.4, -0.2) is 11.3 Å². The lowest BCUT2D eigenvalue weighted by molar-refractivity contribution is 0.306. The zero-order valence-electron chi connectivity index (χ0n) is 11.4. The van der Waals surface area contributed by atoms with Gasteiger partial charge in [0.25, 0.3) is 0 Å². The maximum atomic E-state index is 6.12. The number of hydrogen-bond acceptors (Lipinski definition) is 3. The number of nitrogens with one attached hydrogen (secondary N) is 1. The largest absolute Gasteiger partial charge is 0.488 e. The lowest BCUT2D eigenvalue weighted by Crippen LogP contribution is -2.24.